The monoisotopic (exact) mass is 310 g/mol. The first-order valence-electron chi connectivity index (χ1n) is 7.53. The topological polar surface area (TPSA) is 44.9 Å². The fourth-order valence-corrected chi connectivity index (χ4v) is 2.47. The molecule has 1 heterocycles. The standard InChI is InChI=1S/C19H19FN2O/c1-19(2,3)13-5-8-15(9-6-13)21-18(23)17-10-12-4-7-14(20)11-16(12)22-17/h4-11,22H,1-3H3,(H,21,23). The Morgan fingerprint density at radius 3 is 2.39 bits per heavy atom. The number of carbonyl (C=O) groups excluding carboxylic acids is 1. The second-order valence-electron chi connectivity index (χ2n) is 6.70. The van der Waals surface area contributed by atoms with Crippen LogP contribution in [-0.2, 0) is 5.41 Å². The van der Waals surface area contributed by atoms with E-state index in [4.69, 9.17) is 0 Å². The van der Waals surface area contributed by atoms with Crippen molar-refractivity contribution in [2.24, 2.45) is 0 Å². The van der Waals surface area contributed by atoms with Crippen LogP contribution >= 0.6 is 0 Å². The third-order valence-corrected chi connectivity index (χ3v) is 3.84. The molecule has 3 nitrogen and oxygen atoms in total. The van der Waals surface area contributed by atoms with Crippen molar-refractivity contribution < 1.29 is 9.18 Å². The molecular weight excluding hydrogens is 291 g/mol. The largest absolute Gasteiger partial charge is 0.350 e. The lowest BCUT2D eigenvalue weighted by Crippen LogP contribution is -2.13. The van der Waals surface area contributed by atoms with Gasteiger partial charge in [-0.25, -0.2) is 4.39 Å². The van der Waals surface area contributed by atoms with Gasteiger partial charge in [-0.05, 0) is 47.4 Å². The number of benzene rings is 2. The Hall–Kier alpha value is -2.62. The first kappa shape index (κ1) is 15.3. The molecule has 0 aliphatic heterocycles. The van der Waals surface area contributed by atoms with Gasteiger partial charge in [0.1, 0.15) is 11.5 Å². The molecule has 0 saturated carbocycles. The van der Waals surface area contributed by atoms with Gasteiger partial charge in [-0.1, -0.05) is 32.9 Å². The molecular formula is C19H19FN2O. The van der Waals surface area contributed by atoms with Gasteiger partial charge in [-0.15, -0.1) is 0 Å². The van der Waals surface area contributed by atoms with Crippen molar-refractivity contribution in [2.75, 3.05) is 5.32 Å². The first-order chi connectivity index (χ1) is 10.8. The van der Waals surface area contributed by atoms with Crippen molar-refractivity contribution in [3.8, 4) is 0 Å². The number of carbonyl (C=O) groups is 1. The molecule has 0 aliphatic rings. The molecule has 0 fully saturated rings. The van der Waals surface area contributed by atoms with Crippen LogP contribution in [0.15, 0.2) is 48.5 Å². The lowest BCUT2D eigenvalue weighted by Gasteiger charge is -2.19. The van der Waals surface area contributed by atoms with Gasteiger partial charge >= 0.3 is 0 Å². The van der Waals surface area contributed by atoms with Crippen LogP contribution in [0.1, 0.15) is 36.8 Å². The second-order valence-corrected chi connectivity index (χ2v) is 6.70. The number of aromatic amines is 1. The minimum Gasteiger partial charge on any atom is -0.350 e. The number of anilines is 1. The van der Waals surface area contributed by atoms with Gasteiger partial charge in [0, 0.05) is 16.6 Å². The van der Waals surface area contributed by atoms with Crippen molar-refractivity contribution in [2.45, 2.75) is 26.2 Å². The molecule has 0 saturated heterocycles. The average Bonchev–Trinajstić information content (AvgIpc) is 2.90. The number of nitrogens with one attached hydrogen (secondary N) is 2. The summed E-state index contributed by atoms with van der Waals surface area (Å²) >= 11 is 0. The zero-order valence-electron chi connectivity index (χ0n) is 13.4. The van der Waals surface area contributed by atoms with E-state index in [9.17, 15) is 9.18 Å². The van der Waals surface area contributed by atoms with Crippen LogP contribution in [0, 0.1) is 5.82 Å². The van der Waals surface area contributed by atoms with Crippen molar-refractivity contribution in [3.63, 3.8) is 0 Å². The van der Waals surface area contributed by atoms with Crippen molar-refractivity contribution >= 4 is 22.5 Å². The molecule has 3 rings (SSSR count). The van der Waals surface area contributed by atoms with Crippen LogP contribution in [0.25, 0.3) is 10.9 Å². The van der Waals surface area contributed by atoms with Crippen molar-refractivity contribution in [1.82, 2.24) is 4.98 Å². The van der Waals surface area contributed by atoms with Crippen LogP contribution in [0.3, 0.4) is 0 Å². The fourth-order valence-electron chi connectivity index (χ4n) is 2.47. The highest BCUT2D eigenvalue weighted by Crippen LogP contribution is 2.24. The summed E-state index contributed by atoms with van der Waals surface area (Å²) in [6, 6.07) is 13.9. The van der Waals surface area contributed by atoms with E-state index in [2.05, 4.69) is 31.1 Å². The van der Waals surface area contributed by atoms with E-state index >= 15 is 0 Å². The van der Waals surface area contributed by atoms with E-state index < -0.39 is 0 Å². The molecule has 1 amide bonds. The van der Waals surface area contributed by atoms with Crippen LogP contribution in [-0.4, -0.2) is 10.9 Å². The summed E-state index contributed by atoms with van der Waals surface area (Å²) in [5.74, 6) is -0.575. The van der Waals surface area contributed by atoms with Gasteiger partial charge in [0.2, 0.25) is 0 Å². The summed E-state index contributed by atoms with van der Waals surface area (Å²) in [6.07, 6.45) is 0. The molecule has 2 N–H and O–H groups in total. The number of H-pyrrole nitrogens is 1. The van der Waals surface area contributed by atoms with Gasteiger partial charge in [0.25, 0.3) is 5.91 Å². The molecule has 0 aliphatic carbocycles. The highest BCUT2D eigenvalue weighted by Gasteiger charge is 2.14. The Bertz CT molecular complexity index is 857. The van der Waals surface area contributed by atoms with E-state index in [0.29, 0.717) is 11.2 Å². The minimum absolute atomic E-state index is 0.0732. The number of rotatable bonds is 2. The van der Waals surface area contributed by atoms with Crippen LogP contribution in [0.4, 0.5) is 10.1 Å². The van der Waals surface area contributed by atoms with E-state index in [1.54, 1.807) is 12.1 Å². The maximum absolute atomic E-state index is 13.2. The molecule has 118 valence electrons. The predicted molar refractivity (Wildman–Crippen MR) is 91.4 cm³/mol. The number of hydrogen-bond acceptors (Lipinski definition) is 1. The molecule has 4 heteroatoms. The summed E-state index contributed by atoms with van der Waals surface area (Å²) < 4.78 is 13.2. The highest BCUT2D eigenvalue weighted by molar-refractivity contribution is 6.05. The molecule has 3 aromatic rings. The summed E-state index contributed by atoms with van der Waals surface area (Å²) in [6.45, 7) is 6.43. The predicted octanol–water partition coefficient (Wildman–Crippen LogP) is 4.86. The maximum atomic E-state index is 13.2. The zero-order chi connectivity index (χ0) is 16.6. The summed E-state index contributed by atoms with van der Waals surface area (Å²) in [7, 11) is 0. The van der Waals surface area contributed by atoms with Gasteiger partial charge < -0.3 is 10.3 Å². The minimum atomic E-state index is -0.330. The molecule has 2 aromatic carbocycles. The third kappa shape index (κ3) is 3.26. The lowest BCUT2D eigenvalue weighted by molar-refractivity contribution is 0.102. The fraction of sp³-hybridized carbons (Fsp3) is 0.211. The zero-order valence-corrected chi connectivity index (χ0v) is 13.4. The van der Waals surface area contributed by atoms with E-state index in [1.165, 1.54) is 17.7 Å². The number of aromatic nitrogens is 1. The third-order valence-electron chi connectivity index (χ3n) is 3.84. The van der Waals surface area contributed by atoms with Gasteiger partial charge in [-0.2, -0.15) is 0 Å². The van der Waals surface area contributed by atoms with Crippen molar-refractivity contribution in [1.29, 1.82) is 0 Å². The Kier molecular flexibility index (Phi) is 3.68. The summed E-state index contributed by atoms with van der Waals surface area (Å²) in [5.41, 5.74) is 3.03. The van der Waals surface area contributed by atoms with Gasteiger partial charge in [0.15, 0.2) is 0 Å². The number of fused-ring (bicyclic) bond motifs is 1. The van der Waals surface area contributed by atoms with Crippen LogP contribution in [0.5, 0.6) is 0 Å². The van der Waals surface area contributed by atoms with Crippen LogP contribution in [0.2, 0.25) is 0 Å². The molecule has 0 bridgehead atoms. The van der Waals surface area contributed by atoms with E-state index in [-0.39, 0.29) is 17.1 Å². The van der Waals surface area contributed by atoms with Crippen LogP contribution < -0.4 is 5.32 Å². The van der Waals surface area contributed by atoms with Crippen molar-refractivity contribution in [3.05, 3.63) is 65.6 Å². The highest BCUT2D eigenvalue weighted by atomic mass is 19.1. The molecule has 1 aromatic heterocycles. The quantitative estimate of drug-likeness (QED) is 0.698. The van der Waals surface area contributed by atoms with Gasteiger partial charge in [-0.3, -0.25) is 4.79 Å². The number of amides is 1. The number of halogens is 1. The SMILES string of the molecule is CC(C)(C)c1ccc(NC(=O)c2cc3ccc(F)cc3[nH]2)cc1. The molecule has 23 heavy (non-hydrogen) atoms. The molecule has 0 radical (unpaired) electrons. The molecule has 0 atom stereocenters. The Labute approximate surface area is 134 Å². The van der Waals surface area contributed by atoms with E-state index in [1.807, 2.05) is 24.3 Å². The Balaban J connectivity index is 1.80. The average molecular weight is 310 g/mol. The summed E-state index contributed by atoms with van der Waals surface area (Å²) in [5, 5.41) is 3.65. The Morgan fingerprint density at radius 2 is 1.74 bits per heavy atom. The smallest absolute Gasteiger partial charge is 0.272 e. The summed E-state index contributed by atoms with van der Waals surface area (Å²) in [4.78, 5) is 15.3. The Morgan fingerprint density at radius 1 is 1.04 bits per heavy atom. The maximum Gasteiger partial charge on any atom is 0.272 e. The normalized spacial score (nSPS) is 11.7. The van der Waals surface area contributed by atoms with E-state index in [0.717, 1.165) is 11.1 Å². The van der Waals surface area contributed by atoms with Gasteiger partial charge in [0.05, 0.1) is 0 Å². The second kappa shape index (κ2) is 5.54. The molecule has 0 spiro atoms. The first-order valence-corrected chi connectivity index (χ1v) is 7.53. The number of hydrogen-bond donors (Lipinski definition) is 2. The molecule has 0 unspecified atom stereocenters. The lowest BCUT2D eigenvalue weighted by atomic mass is 9.87.